The molecule has 1 saturated heterocycles. The van der Waals surface area contributed by atoms with Gasteiger partial charge in [0.1, 0.15) is 0 Å². The Bertz CT molecular complexity index is 1410. The summed E-state index contributed by atoms with van der Waals surface area (Å²) in [6.45, 7) is 5.72. The molecule has 0 aromatic carbocycles. The zero-order valence-corrected chi connectivity index (χ0v) is 17.6. The van der Waals surface area contributed by atoms with E-state index in [4.69, 9.17) is 0 Å². The van der Waals surface area contributed by atoms with Gasteiger partial charge in [-0.25, -0.2) is 14.3 Å². The van der Waals surface area contributed by atoms with E-state index in [2.05, 4.69) is 20.2 Å². The Morgan fingerprint density at radius 3 is 2.65 bits per heavy atom. The molecule has 0 bridgehead atoms. The largest absolute Gasteiger partial charge is 0.341 e. The molecule has 10 nitrogen and oxygen atoms in total. The van der Waals surface area contributed by atoms with Gasteiger partial charge in [0.25, 0.3) is 11.1 Å². The summed E-state index contributed by atoms with van der Waals surface area (Å²) in [7, 11) is 1.72. The van der Waals surface area contributed by atoms with Crippen molar-refractivity contribution < 1.29 is 0 Å². The van der Waals surface area contributed by atoms with Gasteiger partial charge >= 0.3 is 0 Å². The maximum Gasteiger partial charge on any atom is 0.266 e. The first kappa shape index (κ1) is 19.2. The van der Waals surface area contributed by atoms with Crippen LogP contribution in [0.15, 0.2) is 46.1 Å². The number of fused-ring (bicyclic) bond motifs is 1. The molecule has 0 spiro atoms. The summed E-state index contributed by atoms with van der Waals surface area (Å²) in [6, 6.07) is 8.64. The van der Waals surface area contributed by atoms with Crippen molar-refractivity contribution in [2.75, 3.05) is 18.0 Å². The fourth-order valence-electron chi connectivity index (χ4n) is 4.01. The highest BCUT2D eigenvalue weighted by Gasteiger charge is 2.31. The number of pyridine rings is 1. The number of nitrogens with zero attached hydrogens (tertiary/aromatic N) is 8. The van der Waals surface area contributed by atoms with Crippen molar-refractivity contribution in [1.29, 1.82) is 0 Å². The predicted octanol–water partition coefficient (Wildman–Crippen LogP) is 0.824. The highest BCUT2D eigenvalue weighted by atomic mass is 16.1. The molecule has 0 atom stereocenters. The summed E-state index contributed by atoms with van der Waals surface area (Å²) in [6.07, 6.45) is 1.63. The Labute approximate surface area is 177 Å². The third-order valence-electron chi connectivity index (χ3n) is 5.58. The van der Waals surface area contributed by atoms with Crippen LogP contribution >= 0.6 is 0 Å². The van der Waals surface area contributed by atoms with Crippen molar-refractivity contribution in [3.05, 3.63) is 68.6 Å². The molecular formula is C21H22N8O2. The molecule has 5 rings (SSSR count). The molecule has 31 heavy (non-hydrogen) atoms. The quantitative estimate of drug-likeness (QED) is 0.483. The van der Waals surface area contributed by atoms with Crippen LogP contribution in [0.4, 0.5) is 5.95 Å². The first-order chi connectivity index (χ1) is 14.9. The van der Waals surface area contributed by atoms with Gasteiger partial charge in [-0.1, -0.05) is 0 Å². The summed E-state index contributed by atoms with van der Waals surface area (Å²) in [5, 5.41) is 9.46. The minimum Gasteiger partial charge on any atom is -0.341 e. The molecule has 1 fully saturated rings. The van der Waals surface area contributed by atoms with Crippen LogP contribution in [0.5, 0.6) is 0 Å². The van der Waals surface area contributed by atoms with E-state index >= 15 is 0 Å². The van der Waals surface area contributed by atoms with Crippen molar-refractivity contribution in [2.24, 2.45) is 13.0 Å². The Morgan fingerprint density at radius 1 is 1.10 bits per heavy atom. The Morgan fingerprint density at radius 2 is 1.90 bits per heavy atom. The van der Waals surface area contributed by atoms with Gasteiger partial charge in [0, 0.05) is 44.0 Å². The molecule has 0 amide bonds. The molecule has 1 aliphatic heterocycles. The van der Waals surface area contributed by atoms with Crippen LogP contribution in [0.1, 0.15) is 11.4 Å². The Kier molecular flexibility index (Phi) is 4.42. The SMILES string of the molecule is Cc1cc(C)n(-c2ccc(=O)n(CC3CN(c4nc5ncccc5c(=O)n4C)C3)n2)n1. The molecular weight excluding hydrogens is 396 g/mol. The number of rotatable bonds is 4. The summed E-state index contributed by atoms with van der Waals surface area (Å²) < 4.78 is 4.77. The van der Waals surface area contributed by atoms with Crippen molar-refractivity contribution in [3.8, 4) is 5.82 Å². The fourth-order valence-corrected chi connectivity index (χ4v) is 4.01. The van der Waals surface area contributed by atoms with E-state index in [1.54, 1.807) is 40.7 Å². The maximum absolute atomic E-state index is 12.6. The molecule has 4 aromatic heterocycles. The summed E-state index contributed by atoms with van der Waals surface area (Å²) in [5.41, 5.74) is 2.03. The Balaban J connectivity index is 1.36. The van der Waals surface area contributed by atoms with Gasteiger partial charge in [-0.15, -0.1) is 5.10 Å². The minimum absolute atomic E-state index is 0.118. The molecule has 1 aliphatic rings. The smallest absolute Gasteiger partial charge is 0.266 e. The third-order valence-corrected chi connectivity index (χ3v) is 5.58. The summed E-state index contributed by atoms with van der Waals surface area (Å²) in [4.78, 5) is 35.8. The topological polar surface area (TPSA) is 104 Å². The monoisotopic (exact) mass is 418 g/mol. The third kappa shape index (κ3) is 3.29. The highest BCUT2D eigenvalue weighted by Crippen LogP contribution is 2.23. The van der Waals surface area contributed by atoms with E-state index in [0.29, 0.717) is 42.4 Å². The van der Waals surface area contributed by atoms with Gasteiger partial charge in [0.2, 0.25) is 5.95 Å². The lowest BCUT2D eigenvalue weighted by Gasteiger charge is -2.40. The molecule has 0 aliphatic carbocycles. The fraction of sp³-hybridized carbons (Fsp3) is 0.333. The van der Waals surface area contributed by atoms with Gasteiger partial charge in [-0.2, -0.15) is 10.1 Å². The van der Waals surface area contributed by atoms with Crippen LogP contribution < -0.4 is 16.0 Å². The van der Waals surface area contributed by atoms with Crippen LogP contribution in [0.2, 0.25) is 0 Å². The van der Waals surface area contributed by atoms with E-state index in [-0.39, 0.29) is 17.0 Å². The van der Waals surface area contributed by atoms with Gasteiger partial charge in [-0.3, -0.25) is 14.2 Å². The number of hydrogen-bond donors (Lipinski definition) is 0. The number of aromatic nitrogens is 7. The lowest BCUT2D eigenvalue weighted by atomic mass is 10.0. The number of hydrogen-bond acceptors (Lipinski definition) is 7. The second-order valence-electron chi connectivity index (χ2n) is 7.97. The summed E-state index contributed by atoms with van der Waals surface area (Å²) in [5.74, 6) is 1.42. The minimum atomic E-state index is -0.149. The molecule has 0 unspecified atom stereocenters. The average Bonchev–Trinajstić information content (AvgIpc) is 3.07. The van der Waals surface area contributed by atoms with E-state index in [9.17, 15) is 9.59 Å². The van der Waals surface area contributed by atoms with Crippen LogP contribution in [0.3, 0.4) is 0 Å². The zero-order chi connectivity index (χ0) is 21.7. The molecule has 5 heterocycles. The second-order valence-corrected chi connectivity index (χ2v) is 7.97. The highest BCUT2D eigenvalue weighted by molar-refractivity contribution is 5.74. The lowest BCUT2D eigenvalue weighted by molar-refractivity contribution is 0.327. The van der Waals surface area contributed by atoms with Crippen LogP contribution in [-0.2, 0) is 13.6 Å². The second kappa shape index (κ2) is 7.15. The molecule has 10 heteroatoms. The van der Waals surface area contributed by atoms with Gasteiger partial charge in [-0.05, 0) is 38.1 Å². The standard InChI is InChI=1S/C21H22N8O2/c1-13-9-14(2)29(24-13)17-6-7-18(30)28(25-17)12-15-10-27(11-15)21-23-19-16(5-4-8-22-19)20(31)26(21)3/h4-9,15H,10-12H2,1-3H3. The lowest BCUT2D eigenvalue weighted by Crippen LogP contribution is -2.51. The van der Waals surface area contributed by atoms with Crippen LogP contribution in [0.25, 0.3) is 16.9 Å². The van der Waals surface area contributed by atoms with E-state index in [1.807, 2.05) is 24.8 Å². The van der Waals surface area contributed by atoms with Crippen molar-refractivity contribution >= 4 is 17.0 Å². The molecule has 158 valence electrons. The van der Waals surface area contributed by atoms with Crippen LogP contribution in [-0.4, -0.2) is 47.2 Å². The van der Waals surface area contributed by atoms with Crippen molar-refractivity contribution in [1.82, 2.24) is 34.1 Å². The molecule has 4 aromatic rings. The Hall–Kier alpha value is -3.82. The number of anilines is 1. The first-order valence-corrected chi connectivity index (χ1v) is 10.1. The van der Waals surface area contributed by atoms with Gasteiger partial charge in [0.15, 0.2) is 11.5 Å². The number of aryl methyl sites for hydroxylation is 2. The van der Waals surface area contributed by atoms with Crippen molar-refractivity contribution in [3.63, 3.8) is 0 Å². The molecule has 0 radical (unpaired) electrons. The van der Waals surface area contributed by atoms with Crippen molar-refractivity contribution in [2.45, 2.75) is 20.4 Å². The summed E-state index contributed by atoms with van der Waals surface area (Å²) >= 11 is 0. The van der Waals surface area contributed by atoms with E-state index < -0.39 is 0 Å². The van der Waals surface area contributed by atoms with E-state index in [0.717, 1.165) is 11.4 Å². The van der Waals surface area contributed by atoms with E-state index in [1.165, 1.54) is 10.7 Å². The predicted molar refractivity (Wildman–Crippen MR) is 116 cm³/mol. The molecule has 0 N–H and O–H groups in total. The van der Waals surface area contributed by atoms with Gasteiger partial charge < -0.3 is 4.90 Å². The molecule has 0 saturated carbocycles. The maximum atomic E-state index is 12.6. The zero-order valence-electron chi connectivity index (χ0n) is 17.6. The normalized spacial score (nSPS) is 14.2. The first-order valence-electron chi connectivity index (χ1n) is 10.1. The average molecular weight is 418 g/mol. The van der Waals surface area contributed by atoms with Gasteiger partial charge in [0.05, 0.1) is 17.6 Å². The van der Waals surface area contributed by atoms with Crippen LogP contribution in [0, 0.1) is 19.8 Å².